The van der Waals surface area contributed by atoms with E-state index in [1.807, 2.05) is 24.3 Å². The zero-order valence-corrected chi connectivity index (χ0v) is 10.8. The van der Waals surface area contributed by atoms with Crippen molar-refractivity contribution in [3.8, 4) is 23.6 Å². The first-order valence-corrected chi connectivity index (χ1v) is 6.46. The van der Waals surface area contributed by atoms with Crippen molar-refractivity contribution in [2.75, 3.05) is 0 Å². The number of benzene rings is 2. The lowest BCUT2D eigenvalue weighted by Crippen LogP contribution is -2.01. The van der Waals surface area contributed by atoms with E-state index in [0.29, 0.717) is 11.3 Å². The molecular formula is C17H12N2O. The Labute approximate surface area is 117 Å². The Morgan fingerprint density at radius 3 is 1.85 bits per heavy atom. The van der Waals surface area contributed by atoms with Crippen molar-refractivity contribution >= 4 is 0 Å². The average Bonchev–Trinajstić information content (AvgIpc) is 3.30. The quantitative estimate of drug-likeness (QED) is 0.840. The highest BCUT2D eigenvalue weighted by atomic mass is 16.5. The van der Waals surface area contributed by atoms with Crippen LogP contribution in [0.1, 0.15) is 24.0 Å². The van der Waals surface area contributed by atoms with Crippen molar-refractivity contribution in [3.63, 3.8) is 0 Å². The molecule has 1 aliphatic carbocycles. The molecule has 0 atom stereocenters. The fourth-order valence-corrected chi connectivity index (χ4v) is 2.17. The fraction of sp³-hybridized carbons (Fsp3) is 0.176. The van der Waals surface area contributed by atoms with Gasteiger partial charge in [0.2, 0.25) is 0 Å². The summed E-state index contributed by atoms with van der Waals surface area (Å²) in [6.07, 6.45) is 1.89. The molecule has 1 fully saturated rings. The van der Waals surface area contributed by atoms with Gasteiger partial charge >= 0.3 is 0 Å². The smallest absolute Gasteiger partial charge is 0.127 e. The Morgan fingerprint density at radius 2 is 1.40 bits per heavy atom. The van der Waals surface area contributed by atoms with Gasteiger partial charge in [0.25, 0.3) is 0 Å². The molecule has 0 amide bonds. The van der Waals surface area contributed by atoms with Gasteiger partial charge in [-0.2, -0.15) is 10.5 Å². The third kappa shape index (κ3) is 2.22. The van der Waals surface area contributed by atoms with Crippen LogP contribution < -0.4 is 4.74 Å². The Balaban J connectivity index is 1.75. The van der Waals surface area contributed by atoms with Crippen LogP contribution in [0.15, 0.2) is 48.5 Å². The molecule has 2 aromatic rings. The minimum Gasteiger partial charge on any atom is -0.457 e. The van der Waals surface area contributed by atoms with Crippen LogP contribution in [0.5, 0.6) is 11.5 Å². The van der Waals surface area contributed by atoms with Gasteiger partial charge in [-0.25, -0.2) is 0 Å². The molecule has 1 aliphatic rings. The second-order valence-electron chi connectivity index (χ2n) is 4.96. The first kappa shape index (κ1) is 12.3. The van der Waals surface area contributed by atoms with Gasteiger partial charge in [-0.3, -0.25) is 0 Å². The number of ether oxygens (including phenoxy) is 1. The van der Waals surface area contributed by atoms with Crippen LogP contribution in [-0.4, -0.2) is 0 Å². The maximum atomic E-state index is 9.16. The normalized spacial score (nSPS) is 14.9. The largest absolute Gasteiger partial charge is 0.457 e. The molecule has 2 aromatic carbocycles. The van der Waals surface area contributed by atoms with E-state index in [1.165, 1.54) is 0 Å². The highest BCUT2D eigenvalue weighted by Gasteiger charge is 2.44. The monoisotopic (exact) mass is 260 g/mol. The number of hydrogen-bond acceptors (Lipinski definition) is 3. The van der Waals surface area contributed by atoms with Crippen molar-refractivity contribution < 1.29 is 4.74 Å². The average molecular weight is 260 g/mol. The zero-order valence-electron chi connectivity index (χ0n) is 10.8. The van der Waals surface area contributed by atoms with Gasteiger partial charge in [0.15, 0.2) is 0 Å². The summed E-state index contributed by atoms with van der Waals surface area (Å²) in [4.78, 5) is 0. The van der Waals surface area contributed by atoms with Gasteiger partial charge in [-0.1, -0.05) is 12.1 Å². The molecule has 96 valence electrons. The first-order chi connectivity index (χ1) is 9.75. The standard InChI is InChI=1S/C17H12N2O/c18-11-13-1-5-15(6-2-13)20-16-7-3-14(4-8-16)17(12-19)9-10-17/h1-8H,9-10H2. The molecule has 3 rings (SSSR count). The molecule has 3 nitrogen and oxygen atoms in total. The summed E-state index contributed by atoms with van der Waals surface area (Å²) in [6.45, 7) is 0. The topological polar surface area (TPSA) is 56.8 Å². The van der Waals surface area contributed by atoms with Gasteiger partial charge in [-0.15, -0.1) is 0 Å². The third-order valence-corrected chi connectivity index (χ3v) is 3.59. The van der Waals surface area contributed by atoms with Crippen LogP contribution in [0.3, 0.4) is 0 Å². The Hall–Kier alpha value is -2.78. The highest BCUT2D eigenvalue weighted by Crippen LogP contribution is 2.47. The lowest BCUT2D eigenvalue weighted by atomic mass is 9.98. The van der Waals surface area contributed by atoms with Crippen LogP contribution in [-0.2, 0) is 5.41 Å². The maximum Gasteiger partial charge on any atom is 0.127 e. The molecule has 0 unspecified atom stereocenters. The summed E-state index contributed by atoms with van der Waals surface area (Å²) in [5.74, 6) is 1.42. The number of nitriles is 2. The second kappa shape index (κ2) is 4.72. The Morgan fingerprint density at radius 1 is 0.850 bits per heavy atom. The van der Waals surface area contributed by atoms with E-state index < -0.39 is 0 Å². The van der Waals surface area contributed by atoms with E-state index in [1.54, 1.807) is 24.3 Å². The Bertz CT molecular complexity index is 699. The molecule has 0 bridgehead atoms. The van der Waals surface area contributed by atoms with E-state index in [9.17, 15) is 0 Å². The van der Waals surface area contributed by atoms with Gasteiger partial charge in [0.1, 0.15) is 11.5 Å². The van der Waals surface area contributed by atoms with Crippen molar-refractivity contribution in [1.29, 1.82) is 10.5 Å². The summed E-state index contributed by atoms with van der Waals surface area (Å²) in [5, 5.41) is 17.9. The van der Waals surface area contributed by atoms with E-state index >= 15 is 0 Å². The van der Waals surface area contributed by atoms with Gasteiger partial charge in [-0.05, 0) is 54.8 Å². The molecule has 20 heavy (non-hydrogen) atoms. The lowest BCUT2D eigenvalue weighted by molar-refractivity contribution is 0.482. The van der Waals surface area contributed by atoms with Gasteiger partial charge in [0.05, 0.1) is 23.1 Å². The predicted molar refractivity (Wildman–Crippen MR) is 74.2 cm³/mol. The molecule has 1 saturated carbocycles. The van der Waals surface area contributed by atoms with Crippen molar-refractivity contribution in [1.82, 2.24) is 0 Å². The van der Waals surface area contributed by atoms with Crippen LogP contribution >= 0.6 is 0 Å². The summed E-state index contributed by atoms with van der Waals surface area (Å²) in [5.41, 5.74) is 1.41. The first-order valence-electron chi connectivity index (χ1n) is 6.46. The van der Waals surface area contributed by atoms with Crippen molar-refractivity contribution in [2.45, 2.75) is 18.3 Å². The summed E-state index contributed by atoms with van der Waals surface area (Å²) >= 11 is 0. The molecular weight excluding hydrogens is 248 g/mol. The van der Waals surface area contributed by atoms with Crippen LogP contribution in [0.4, 0.5) is 0 Å². The van der Waals surface area contributed by atoms with Crippen LogP contribution in [0, 0.1) is 22.7 Å². The SMILES string of the molecule is N#Cc1ccc(Oc2ccc(C3(C#N)CC3)cc2)cc1. The predicted octanol–water partition coefficient (Wildman–Crippen LogP) is 3.91. The van der Waals surface area contributed by atoms with Crippen LogP contribution in [0.2, 0.25) is 0 Å². The summed E-state index contributed by atoms with van der Waals surface area (Å²) in [7, 11) is 0. The number of rotatable bonds is 3. The van der Waals surface area contributed by atoms with Crippen molar-refractivity contribution in [2.24, 2.45) is 0 Å². The zero-order chi connectivity index (χ0) is 14.0. The molecule has 0 heterocycles. The molecule has 0 spiro atoms. The highest BCUT2D eigenvalue weighted by molar-refractivity contribution is 5.43. The summed E-state index contributed by atoms with van der Waals surface area (Å²) < 4.78 is 5.71. The minimum absolute atomic E-state index is 0.257. The Kier molecular flexibility index (Phi) is 2.89. The van der Waals surface area contributed by atoms with Gasteiger partial charge in [0, 0.05) is 0 Å². The van der Waals surface area contributed by atoms with E-state index in [2.05, 4.69) is 12.1 Å². The maximum absolute atomic E-state index is 9.16. The minimum atomic E-state index is -0.257. The third-order valence-electron chi connectivity index (χ3n) is 3.59. The summed E-state index contributed by atoms with van der Waals surface area (Å²) in [6, 6.07) is 19.1. The van der Waals surface area contributed by atoms with Gasteiger partial charge < -0.3 is 4.74 Å². The van der Waals surface area contributed by atoms with E-state index in [4.69, 9.17) is 15.3 Å². The molecule has 0 aliphatic heterocycles. The second-order valence-corrected chi connectivity index (χ2v) is 4.96. The number of nitrogens with zero attached hydrogens (tertiary/aromatic N) is 2. The molecule has 0 aromatic heterocycles. The lowest BCUT2D eigenvalue weighted by Gasteiger charge is -2.09. The number of hydrogen-bond donors (Lipinski definition) is 0. The van der Waals surface area contributed by atoms with Crippen LogP contribution in [0.25, 0.3) is 0 Å². The molecule has 0 saturated heterocycles. The molecule has 0 N–H and O–H groups in total. The van der Waals surface area contributed by atoms with Crippen molar-refractivity contribution in [3.05, 3.63) is 59.7 Å². The molecule has 3 heteroatoms. The van der Waals surface area contributed by atoms with E-state index in [-0.39, 0.29) is 5.41 Å². The molecule has 0 radical (unpaired) electrons. The van der Waals surface area contributed by atoms with E-state index in [0.717, 1.165) is 24.2 Å². The fourth-order valence-electron chi connectivity index (χ4n) is 2.17.